The minimum Gasteiger partial charge on any atom is -0.462 e. The van der Waals surface area contributed by atoms with Gasteiger partial charge in [0.15, 0.2) is 0 Å². The molecule has 0 aromatic heterocycles. The second-order valence-electron chi connectivity index (χ2n) is 9.83. The molecule has 1 heterocycles. The van der Waals surface area contributed by atoms with Crippen molar-refractivity contribution in [2.45, 2.75) is 109 Å². The normalized spacial score (nSPS) is 23.7. The Morgan fingerprint density at radius 3 is 2.45 bits per heavy atom. The number of aliphatic hydroxyl groups is 1. The Bertz CT molecular complexity index is 550. The third-order valence-corrected chi connectivity index (χ3v) is 5.64. The van der Waals surface area contributed by atoms with Crippen molar-refractivity contribution in [3.63, 3.8) is 0 Å². The third-order valence-electron chi connectivity index (χ3n) is 5.64. The van der Waals surface area contributed by atoms with Crippen molar-refractivity contribution in [3.8, 4) is 0 Å². The van der Waals surface area contributed by atoms with Crippen molar-refractivity contribution in [2.24, 2.45) is 5.92 Å². The SMILES string of the molecule is CC(C)(C)OC(=O)N1C(CC(CO)CCC(=O)OC2CCCCC2)COC1(C)C. The number of carbonyl (C=O) groups excluding carboxylic acids is 2. The number of carbonyl (C=O) groups is 2. The number of hydrogen-bond acceptors (Lipinski definition) is 6. The van der Waals surface area contributed by atoms with Gasteiger partial charge in [0.05, 0.1) is 12.6 Å². The number of esters is 1. The standard InChI is InChI=1S/C22H39NO6/c1-21(2,3)29-20(26)23-17(15-27-22(23,4)5)13-16(14-24)11-12-19(25)28-18-9-7-6-8-10-18/h16-18,24H,6-15H2,1-5H3. The van der Waals surface area contributed by atoms with E-state index >= 15 is 0 Å². The van der Waals surface area contributed by atoms with Gasteiger partial charge < -0.3 is 19.3 Å². The second kappa shape index (κ2) is 10.1. The maximum Gasteiger partial charge on any atom is 0.412 e. The highest BCUT2D eigenvalue weighted by atomic mass is 16.6. The Morgan fingerprint density at radius 1 is 1.21 bits per heavy atom. The fourth-order valence-electron chi connectivity index (χ4n) is 4.16. The van der Waals surface area contributed by atoms with Gasteiger partial charge in [-0.2, -0.15) is 0 Å². The third kappa shape index (κ3) is 7.45. The molecule has 7 nitrogen and oxygen atoms in total. The number of hydrogen-bond donors (Lipinski definition) is 1. The summed E-state index contributed by atoms with van der Waals surface area (Å²) in [6, 6.07) is -0.202. The lowest BCUT2D eigenvalue weighted by Crippen LogP contribution is -2.50. The van der Waals surface area contributed by atoms with Gasteiger partial charge in [-0.25, -0.2) is 4.79 Å². The van der Waals surface area contributed by atoms with Gasteiger partial charge in [-0.05, 0) is 79.1 Å². The monoisotopic (exact) mass is 413 g/mol. The highest BCUT2D eigenvalue weighted by Crippen LogP contribution is 2.33. The minimum absolute atomic E-state index is 0.0458. The first kappa shape index (κ1) is 23.9. The molecule has 0 radical (unpaired) electrons. The lowest BCUT2D eigenvalue weighted by molar-refractivity contribution is -0.151. The first-order valence-electron chi connectivity index (χ1n) is 11.0. The van der Waals surface area contributed by atoms with E-state index < -0.39 is 17.4 Å². The molecule has 1 N–H and O–H groups in total. The van der Waals surface area contributed by atoms with Gasteiger partial charge >= 0.3 is 12.1 Å². The molecule has 1 saturated carbocycles. The predicted molar refractivity (Wildman–Crippen MR) is 109 cm³/mol. The molecule has 7 heteroatoms. The Kier molecular flexibility index (Phi) is 8.35. The van der Waals surface area contributed by atoms with Crippen LogP contribution < -0.4 is 0 Å². The summed E-state index contributed by atoms with van der Waals surface area (Å²) in [6.45, 7) is 9.51. The Labute approximate surface area is 175 Å². The van der Waals surface area contributed by atoms with Crippen molar-refractivity contribution in [1.29, 1.82) is 0 Å². The van der Waals surface area contributed by atoms with Crippen LogP contribution in [-0.4, -0.2) is 58.8 Å². The first-order chi connectivity index (χ1) is 13.5. The Balaban J connectivity index is 1.88. The molecule has 2 fully saturated rings. The van der Waals surface area contributed by atoms with E-state index in [0.29, 0.717) is 19.4 Å². The number of nitrogens with zero attached hydrogens (tertiary/aromatic N) is 1. The van der Waals surface area contributed by atoms with Crippen molar-refractivity contribution < 1.29 is 28.9 Å². The van der Waals surface area contributed by atoms with Gasteiger partial charge in [-0.3, -0.25) is 9.69 Å². The zero-order valence-corrected chi connectivity index (χ0v) is 18.7. The summed E-state index contributed by atoms with van der Waals surface area (Å²) < 4.78 is 17.0. The van der Waals surface area contributed by atoms with Gasteiger partial charge in [0, 0.05) is 13.0 Å². The zero-order valence-electron chi connectivity index (χ0n) is 18.7. The molecule has 0 spiro atoms. The van der Waals surface area contributed by atoms with E-state index in [1.165, 1.54) is 6.42 Å². The summed E-state index contributed by atoms with van der Waals surface area (Å²) in [5.74, 6) is -0.302. The van der Waals surface area contributed by atoms with Crippen molar-refractivity contribution in [3.05, 3.63) is 0 Å². The van der Waals surface area contributed by atoms with Crippen LogP contribution in [0.2, 0.25) is 0 Å². The van der Waals surface area contributed by atoms with Gasteiger partial charge in [0.1, 0.15) is 17.4 Å². The zero-order chi connectivity index (χ0) is 21.7. The number of amides is 1. The van der Waals surface area contributed by atoms with E-state index in [9.17, 15) is 14.7 Å². The van der Waals surface area contributed by atoms with E-state index in [-0.39, 0.29) is 37.1 Å². The van der Waals surface area contributed by atoms with Gasteiger partial charge in [-0.1, -0.05) is 6.42 Å². The second-order valence-corrected chi connectivity index (χ2v) is 9.83. The molecule has 0 bridgehead atoms. The fraction of sp³-hybridized carbons (Fsp3) is 0.909. The highest BCUT2D eigenvalue weighted by Gasteiger charge is 2.46. The van der Waals surface area contributed by atoms with Crippen LogP contribution in [-0.2, 0) is 19.0 Å². The molecule has 1 amide bonds. The molecule has 29 heavy (non-hydrogen) atoms. The summed E-state index contributed by atoms with van der Waals surface area (Å²) in [6.07, 6.45) is 6.36. The summed E-state index contributed by atoms with van der Waals surface area (Å²) in [5.41, 5.74) is -1.37. The summed E-state index contributed by atoms with van der Waals surface area (Å²) >= 11 is 0. The predicted octanol–water partition coefficient (Wildman–Crippen LogP) is 4.01. The number of ether oxygens (including phenoxy) is 3. The van der Waals surface area contributed by atoms with E-state index in [1.54, 1.807) is 4.90 Å². The molecular formula is C22H39NO6. The lowest BCUT2D eigenvalue weighted by atomic mass is 9.95. The molecular weight excluding hydrogens is 374 g/mol. The highest BCUT2D eigenvalue weighted by molar-refractivity contribution is 5.70. The van der Waals surface area contributed by atoms with Crippen molar-refractivity contribution in [2.75, 3.05) is 13.2 Å². The van der Waals surface area contributed by atoms with E-state index in [4.69, 9.17) is 14.2 Å². The molecule has 0 aromatic carbocycles. The van der Waals surface area contributed by atoms with Gasteiger partial charge in [0.2, 0.25) is 0 Å². The Morgan fingerprint density at radius 2 is 1.86 bits per heavy atom. The smallest absolute Gasteiger partial charge is 0.412 e. The maximum atomic E-state index is 12.7. The number of aliphatic hydroxyl groups excluding tert-OH is 1. The minimum atomic E-state index is -0.771. The van der Waals surface area contributed by atoms with Crippen LogP contribution >= 0.6 is 0 Å². The molecule has 2 atom stereocenters. The number of rotatable bonds is 7. The van der Waals surface area contributed by atoms with Crippen LogP contribution in [0.15, 0.2) is 0 Å². The fourth-order valence-corrected chi connectivity index (χ4v) is 4.16. The van der Waals surface area contributed by atoms with E-state index in [0.717, 1.165) is 25.7 Å². The molecule has 1 saturated heterocycles. The van der Waals surface area contributed by atoms with Crippen LogP contribution in [0.1, 0.15) is 86.0 Å². The van der Waals surface area contributed by atoms with E-state index in [2.05, 4.69) is 0 Å². The van der Waals surface area contributed by atoms with E-state index in [1.807, 2.05) is 34.6 Å². The Hall–Kier alpha value is -1.34. The molecule has 2 rings (SSSR count). The molecule has 2 unspecified atom stereocenters. The average Bonchev–Trinajstić information content (AvgIpc) is 2.92. The van der Waals surface area contributed by atoms with Crippen LogP contribution in [0.3, 0.4) is 0 Å². The van der Waals surface area contributed by atoms with Crippen LogP contribution in [0.25, 0.3) is 0 Å². The van der Waals surface area contributed by atoms with Crippen LogP contribution in [0, 0.1) is 5.92 Å². The van der Waals surface area contributed by atoms with Gasteiger partial charge in [-0.15, -0.1) is 0 Å². The largest absolute Gasteiger partial charge is 0.462 e. The summed E-state index contributed by atoms with van der Waals surface area (Å²) in [7, 11) is 0. The van der Waals surface area contributed by atoms with Crippen LogP contribution in [0.5, 0.6) is 0 Å². The van der Waals surface area contributed by atoms with Gasteiger partial charge in [0.25, 0.3) is 0 Å². The lowest BCUT2D eigenvalue weighted by Gasteiger charge is -2.36. The maximum absolute atomic E-state index is 12.7. The van der Waals surface area contributed by atoms with Crippen molar-refractivity contribution >= 4 is 12.1 Å². The summed E-state index contributed by atoms with van der Waals surface area (Å²) in [5, 5.41) is 9.83. The van der Waals surface area contributed by atoms with Crippen LogP contribution in [0.4, 0.5) is 4.79 Å². The topological polar surface area (TPSA) is 85.3 Å². The van der Waals surface area contributed by atoms with Crippen molar-refractivity contribution in [1.82, 2.24) is 4.90 Å². The molecule has 1 aliphatic heterocycles. The molecule has 1 aliphatic carbocycles. The molecule has 2 aliphatic rings. The quantitative estimate of drug-likeness (QED) is 0.635. The molecule has 168 valence electrons. The summed E-state index contributed by atoms with van der Waals surface area (Å²) in [4.78, 5) is 26.5. The average molecular weight is 414 g/mol. The molecule has 0 aromatic rings. The first-order valence-corrected chi connectivity index (χ1v) is 11.0.